The molecule has 0 aromatic heterocycles. The molecule has 76 valence electrons. The van der Waals surface area contributed by atoms with Gasteiger partial charge in [0.15, 0.2) is 0 Å². The van der Waals surface area contributed by atoms with Crippen LogP contribution in [-0.2, 0) is 4.79 Å². The van der Waals surface area contributed by atoms with Crippen molar-refractivity contribution in [1.29, 1.82) is 0 Å². The Kier molecular flexibility index (Phi) is 4.04. The molecule has 3 heteroatoms. The lowest BCUT2D eigenvalue weighted by Gasteiger charge is -2.34. The lowest BCUT2D eigenvalue weighted by atomic mass is 10.0. The molecule has 1 aliphatic heterocycles. The van der Waals surface area contributed by atoms with E-state index in [1.54, 1.807) is 0 Å². The van der Waals surface area contributed by atoms with Gasteiger partial charge in [-0.25, -0.2) is 0 Å². The first-order chi connectivity index (χ1) is 6.16. The topological polar surface area (TPSA) is 20.3 Å². The van der Waals surface area contributed by atoms with Gasteiger partial charge in [0.25, 0.3) is 0 Å². The summed E-state index contributed by atoms with van der Waals surface area (Å²) in [6, 6.07) is 0.383. The molecule has 0 radical (unpaired) electrons. The zero-order chi connectivity index (χ0) is 9.84. The normalized spacial score (nSPS) is 25.8. The van der Waals surface area contributed by atoms with Gasteiger partial charge in [0.05, 0.1) is 0 Å². The Bertz CT molecular complexity index is 184. The smallest absolute Gasteiger partial charge is 0.240 e. The van der Waals surface area contributed by atoms with Gasteiger partial charge >= 0.3 is 0 Å². The summed E-state index contributed by atoms with van der Waals surface area (Å²) in [6.45, 7) is 4.95. The zero-order valence-corrected chi connectivity index (χ0v) is 9.18. The van der Waals surface area contributed by atoms with Crippen LogP contribution in [-0.4, -0.2) is 28.8 Å². The highest BCUT2D eigenvalue weighted by Crippen LogP contribution is 2.19. The van der Waals surface area contributed by atoms with Crippen LogP contribution in [0.2, 0.25) is 0 Å². The summed E-state index contributed by atoms with van der Waals surface area (Å²) in [5.74, 6) is 0.122. The first kappa shape index (κ1) is 10.8. The molecule has 0 saturated carbocycles. The maximum absolute atomic E-state index is 11.7. The highest BCUT2D eigenvalue weighted by atomic mass is 35.5. The number of carbonyl (C=O) groups excluding carboxylic acids is 1. The molecule has 1 fully saturated rings. The van der Waals surface area contributed by atoms with Crippen molar-refractivity contribution in [1.82, 2.24) is 4.90 Å². The number of hydrogen-bond acceptors (Lipinski definition) is 1. The number of likely N-dealkylation sites (tertiary alicyclic amines) is 1. The van der Waals surface area contributed by atoms with Crippen molar-refractivity contribution in [2.24, 2.45) is 0 Å². The van der Waals surface area contributed by atoms with Crippen LogP contribution in [0.3, 0.4) is 0 Å². The molecule has 1 aliphatic rings. The third kappa shape index (κ3) is 2.60. The van der Waals surface area contributed by atoms with E-state index in [-0.39, 0.29) is 11.3 Å². The van der Waals surface area contributed by atoms with Crippen LogP contribution >= 0.6 is 11.6 Å². The van der Waals surface area contributed by atoms with Crippen molar-refractivity contribution >= 4 is 17.5 Å². The highest BCUT2D eigenvalue weighted by molar-refractivity contribution is 6.30. The van der Waals surface area contributed by atoms with E-state index in [0.717, 1.165) is 25.8 Å². The second kappa shape index (κ2) is 4.85. The average molecular weight is 204 g/mol. The van der Waals surface area contributed by atoms with Gasteiger partial charge < -0.3 is 4.90 Å². The molecule has 0 aromatic rings. The minimum atomic E-state index is -0.319. The lowest BCUT2D eigenvalue weighted by Crippen LogP contribution is -2.45. The van der Waals surface area contributed by atoms with Gasteiger partial charge in [0, 0.05) is 12.6 Å². The molecule has 0 N–H and O–H groups in total. The maximum atomic E-state index is 11.7. The van der Waals surface area contributed by atoms with Gasteiger partial charge in [-0.05, 0) is 32.6 Å². The zero-order valence-electron chi connectivity index (χ0n) is 8.42. The van der Waals surface area contributed by atoms with Gasteiger partial charge in [-0.15, -0.1) is 11.6 Å². The molecule has 2 nitrogen and oxygen atoms in total. The molecule has 1 rings (SSSR count). The first-order valence-electron chi connectivity index (χ1n) is 5.11. The molecular formula is C10H18ClNO. The van der Waals surface area contributed by atoms with E-state index in [4.69, 9.17) is 11.6 Å². The van der Waals surface area contributed by atoms with Crippen LogP contribution < -0.4 is 0 Å². The van der Waals surface area contributed by atoms with E-state index >= 15 is 0 Å². The summed E-state index contributed by atoms with van der Waals surface area (Å²) in [4.78, 5) is 13.7. The minimum Gasteiger partial charge on any atom is -0.339 e. The Morgan fingerprint density at radius 1 is 1.62 bits per heavy atom. The lowest BCUT2D eigenvalue weighted by molar-refractivity contribution is -0.134. The van der Waals surface area contributed by atoms with Crippen LogP contribution in [0, 0.1) is 0 Å². The summed E-state index contributed by atoms with van der Waals surface area (Å²) < 4.78 is 0. The van der Waals surface area contributed by atoms with Gasteiger partial charge in [0.2, 0.25) is 5.91 Å². The van der Waals surface area contributed by atoms with Crippen LogP contribution in [0.25, 0.3) is 0 Å². The summed E-state index contributed by atoms with van der Waals surface area (Å²) in [5.41, 5.74) is 0. The average Bonchev–Trinajstić information content (AvgIpc) is 2.16. The largest absolute Gasteiger partial charge is 0.339 e. The van der Waals surface area contributed by atoms with Crippen molar-refractivity contribution in [3.05, 3.63) is 0 Å². The molecule has 13 heavy (non-hydrogen) atoms. The third-order valence-corrected chi connectivity index (χ3v) is 3.21. The standard InChI is InChI=1S/C10H18ClNO/c1-3-9(11)10(13)12-7-5-4-6-8(12)2/h8-9H,3-7H2,1-2H3. The van der Waals surface area contributed by atoms with Crippen molar-refractivity contribution < 1.29 is 4.79 Å². The summed E-state index contributed by atoms with van der Waals surface area (Å²) in [7, 11) is 0. The van der Waals surface area contributed by atoms with E-state index in [9.17, 15) is 4.79 Å². The Hall–Kier alpha value is -0.240. The quantitative estimate of drug-likeness (QED) is 0.632. The number of alkyl halides is 1. The van der Waals surface area contributed by atoms with Gasteiger partial charge in [-0.3, -0.25) is 4.79 Å². The third-order valence-electron chi connectivity index (χ3n) is 2.71. The Balaban J connectivity index is 2.53. The van der Waals surface area contributed by atoms with Crippen molar-refractivity contribution in [3.8, 4) is 0 Å². The Labute approximate surface area is 85.2 Å². The molecule has 1 amide bonds. The molecule has 2 unspecified atom stereocenters. The monoisotopic (exact) mass is 203 g/mol. The highest BCUT2D eigenvalue weighted by Gasteiger charge is 2.26. The Morgan fingerprint density at radius 3 is 2.85 bits per heavy atom. The van der Waals surface area contributed by atoms with Crippen molar-refractivity contribution in [2.75, 3.05) is 6.54 Å². The molecule has 0 spiro atoms. The fourth-order valence-electron chi connectivity index (χ4n) is 1.78. The summed E-state index contributed by atoms with van der Waals surface area (Å²) in [5, 5.41) is -0.319. The number of amides is 1. The summed E-state index contributed by atoms with van der Waals surface area (Å²) >= 11 is 5.92. The van der Waals surface area contributed by atoms with Crippen molar-refractivity contribution in [3.63, 3.8) is 0 Å². The van der Waals surface area contributed by atoms with E-state index in [1.807, 2.05) is 11.8 Å². The molecule has 1 heterocycles. The first-order valence-corrected chi connectivity index (χ1v) is 5.55. The fourth-order valence-corrected chi connectivity index (χ4v) is 1.91. The number of carbonyl (C=O) groups is 1. The molecular weight excluding hydrogens is 186 g/mol. The summed E-state index contributed by atoms with van der Waals surface area (Å²) in [6.07, 6.45) is 4.22. The SMILES string of the molecule is CCC(Cl)C(=O)N1CCCCC1C. The molecule has 0 aliphatic carbocycles. The number of rotatable bonds is 2. The van der Waals surface area contributed by atoms with E-state index in [1.165, 1.54) is 6.42 Å². The molecule has 0 aromatic carbocycles. The van der Waals surface area contributed by atoms with E-state index in [0.29, 0.717) is 6.04 Å². The van der Waals surface area contributed by atoms with Crippen LogP contribution in [0.15, 0.2) is 0 Å². The molecule has 2 atom stereocenters. The van der Waals surface area contributed by atoms with Gasteiger partial charge in [0.1, 0.15) is 5.38 Å². The van der Waals surface area contributed by atoms with E-state index in [2.05, 4.69) is 6.92 Å². The number of halogens is 1. The second-order valence-electron chi connectivity index (χ2n) is 3.75. The fraction of sp³-hybridized carbons (Fsp3) is 0.900. The maximum Gasteiger partial charge on any atom is 0.240 e. The predicted octanol–water partition coefficient (Wildman–Crippen LogP) is 2.40. The number of nitrogens with zero attached hydrogens (tertiary/aromatic N) is 1. The predicted molar refractivity (Wildman–Crippen MR) is 55.0 cm³/mol. The van der Waals surface area contributed by atoms with E-state index < -0.39 is 0 Å². The Morgan fingerprint density at radius 2 is 2.31 bits per heavy atom. The second-order valence-corrected chi connectivity index (χ2v) is 4.28. The number of piperidine rings is 1. The van der Waals surface area contributed by atoms with Crippen LogP contribution in [0.5, 0.6) is 0 Å². The van der Waals surface area contributed by atoms with Crippen LogP contribution in [0.4, 0.5) is 0 Å². The molecule has 1 saturated heterocycles. The van der Waals surface area contributed by atoms with Gasteiger partial charge in [-0.2, -0.15) is 0 Å². The van der Waals surface area contributed by atoms with Crippen molar-refractivity contribution in [2.45, 2.75) is 50.9 Å². The molecule has 0 bridgehead atoms. The number of hydrogen-bond donors (Lipinski definition) is 0. The van der Waals surface area contributed by atoms with Crippen LogP contribution in [0.1, 0.15) is 39.5 Å². The van der Waals surface area contributed by atoms with Gasteiger partial charge in [-0.1, -0.05) is 6.92 Å². The minimum absolute atomic E-state index is 0.122.